The summed E-state index contributed by atoms with van der Waals surface area (Å²) in [5.41, 5.74) is 0.589. The molecule has 1 fully saturated rings. The van der Waals surface area contributed by atoms with Crippen molar-refractivity contribution in [3.8, 4) is 5.88 Å². The van der Waals surface area contributed by atoms with E-state index in [1.807, 2.05) is 52.9 Å². The van der Waals surface area contributed by atoms with Gasteiger partial charge in [-0.3, -0.25) is 4.99 Å². The Bertz CT molecular complexity index is 718. The summed E-state index contributed by atoms with van der Waals surface area (Å²) in [6.45, 7) is 13.0. The number of nitrogens with zero attached hydrogens (tertiary/aromatic N) is 4. The second-order valence-electron chi connectivity index (χ2n) is 8.46. The number of fused-ring (bicyclic) bond motifs is 1. The zero-order valence-electron chi connectivity index (χ0n) is 17.8. The van der Waals surface area contributed by atoms with Crippen molar-refractivity contribution in [3.05, 3.63) is 23.9 Å². The van der Waals surface area contributed by atoms with Crippen LogP contribution in [0.1, 0.15) is 40.2 Å². The fourth-order valence-corrected chi connectivity index (χ4v) is 3.23. The molecule has 2 aliphatic rings. The predicted octanol–water partition coefficient (Wildman–Crippen LogP) is 2.87. The first kappa shape index (κ1) is 23.5. The molecule has 1 N–H and O–H groups in total. The molecule has 0 radical (unpaired) electrons. The van der Waals surface area contributed by atoms with Crippen molar-refractivity contribution in [2.45, 2.75) is 58.9 Å². The Morgan fingerprint density at radius 1 is 1.31 bits per heavy atom. The van der Waals surface area contributed by atoms with Crippen LogP contribution in [-0.4, -0.2) is 70.8 Å². The van der Waals surface area contributed by atoms with E-state index in [2.05, 4.69) is 20.2 Å². The fourth-order valence-electron chi connectivity index (χ4n) is 3.23. The Labute approximate surface area is 190 Å². The van der Waals surface area contributed by atoms with Gasteiger partial charge in [-0.1, -0.05) is 6.07 Å². The monoisotopic (exact) mass is 517 g/mol. The molecule has 1 unspecified atom stereocenters. The van der Waals surface area contributed by atoms with Gasteiger partial charge >= 0.3 is 6.09 Å². The predicted molar refractivity (Wildman–Crippen MR) is 123 cm³/mol. The Kier molecular flexibility index (Phi) is 7.95. The molecule has 29 heavy (non-hydrogen) atoms. The van der Waals surface area contributed by atoms with Gasteiger partial charge in [-0.25, -0.2) is 9.78 Å². The van der Waals surface area contributed by atoms with Crippen molar-refractivity contribution in [1.29, 1.82) is 0 Å². The van der Waals surface area contributed by atoms with Gasteiger partial charge in [0.1, 0.15) is 5.60 Å². The van der Waals surface area contributed by atoms with E-state index in [-0.39, 0.29) is 42.2 Å². The number of piperazine rings is 1. The van der Waals surface area contributed by atoms with Crippen LogP contribution in [0.3, 0.4) is 0 Å². The summed E-state index contributed by atoms with van der Waals surface area (Å²) in [6, 6.07) is 4.09. The average molecular weight is 517 g/mol. The summed E-state index contributed by atoms with van der Waals surface area (Å²) in [5.74, 6) is 1.52. The zero-order valence-corrected chi connectivity index (χ0v) is 20.2. The van der Waals surface area contributed by atoms with Crippen LogP contribution in [0, 0.1) is 0 Å². The van der Waals surface area contributed by atoms with E-state index in [4.69, 9.17) is 9.47 Å². The van der Waals surface area contributed by atoms with Gasteiger partial charge in [0, 0.05) is 38.4 Å². The van der Waals surface area contributed by atoms with Crippen LogP contribution in [0.2, 0.25) is 0 Å². The maximum Gasteiger partial charge on any atom is 0.410 e. The van der Waals surface area contributed by atoms with Crippen molar-refractivity contribution in [2.24, 2.45) is 4.99 Å². The normalized spacial score (nSPS) is 18.7. The minimum Gasteiger partial charge on any atom is -0.475 e. The topological polar surface area (TPSA) is 79.3 Å². The van der Waals surface area contributed by atoms with Crippen LogP contribution >= 0.6 is 24.0 Å². The molecule has 1 saturated heterocycles. The van der Waals surface area contributed by atoms with Gasteiger partial charge in [0.05, 0.1) is 18.7 Å². The number of pyridine rings is 1. The molecule has 0 spiro atoms. The van der Waals surface area contributed by atoms with E-state index in [0.717, 1.165) is 18.1 Å². The SMILES string of the molecule is CC(C)Oc1ccc(CNC2=NCC3CN(C(=O)OC(C)(C)C)CCN23)cn1.I. The van der Waals surface area contributed by atoms with Crippen molar-refractivity contribution < 1.29 is 14.3 Å². The lowest BCUT2D eigenvalue weighted by atomic mass is 10.2. The van der Waals surface area contributed by atoms with E-state index in [1.54, 1.807) is 4.90 Å². The summed E-state index contributed by atoms with van der Waals surface area (Å²) < 4.78 is 11.1. The van der Waals surface area contributed by atoms with Crippen LogP contribution in [0.4, 0.5) is 4.79 Å². The third-order valence-electron chi connectivity index (χ3n) is 4.46. The summed E-state index contributed by atoms with van der Waals surface area (Å²) in [7, 11) is 0. The lowest BCUT2D eigenvalue weighted by Crippen LogP contribution is -2.57. The number of nitrogens with one attached hydrogen (secondary N) is 1. The van der Waals surface area contributed by atoms with Crippen molar-refractivity contribution in [3.63, 3.8) is 0 Å². The molecule has 162 valence electrons. The Balaban J connectivity index is 0.00000300. The van der Waals surface area contributed by atoms with Crippen molar-refractivity contribution in [2.75, 3.05) is 26.2 Å². The highest BCUT2D eigenvalue weighted by Crippen LogP contribution is 2.19. The quantitative estimate of drug-likeness (QED) is 0.620. The molecule has 0 saturated carbocycles. The Morgan fingerprint density at radius 3 is 2.69 bits per heavy atom. The highest BCUT2D eigenvalue weighted by atomic mass is 127. The molecule has 1 aromatic rings. The Hall–Kier alpha value is -1.78. The third kappa shape index (κ3) is 6.61. The number of aliphatic imine (C=N–C) groups is 1. The van der Waals surface area contributed by atoms with Crippen LogP contribution in [0.5, 0.6) is 5.88 Å². The van der Waals surface area contributed by atoms with Gasteiger partial charge in [-0.05, 0) is 40.2 Å². The van der Waals surface area contributed by atoms with E-state index in [0.29, 0.717) is 32.1 Å². The molecule has 1 atom stereocenters. The minimum absolute atomic E-state index is 0. The van der Waals surface area contributed by atoms with E-state index >= 15 is 0 Å². The fraction of sp³-hybridized carbons (Fsp3) is 0.650. The number of hydrogen-bond donors (Lipinski definition) is 1. The summed E-state index contributed by atoms with van der Waals surface area (Å²) in [4.78, 5) is 25.3. The maximum atomic E-state index is 12.3. The number of carbonyl (C=O) groups excluding carboxylic acids is 1. The number of guanidine groups is 1. The largest absolute Gasteiger partial charge is 0.475 e. The summed E-state index contributed by atoms with van der Waals surface area (Å²) >= 11 is 0. The van der Waals surface area contributed by atoms with Gasteiger partial charge in [0.25, 0.3) is 0 Å². The number of halogens is 1. The summed E-state index contributed by atoms with van der Waals surface area (Å²) in [5, 5.41) is 3.40. The van der Waals surface area contributed by atoms with Gasteiger partial charge < -0.3 is 24.6 Å². The average Bonchev–Trinajstić information content (AvgIpc) is 3.01. The van der Waals surface area contributed by atoms with Crippen LogP contribution < -0.4 is 10.1 Å². The minimum atomic E-state index is -0.475. The van der Waals surface area contributed by atoms with E-state index in [9.17, 15) is 4.79 Å². The standard InChI is InChI=1S/C20H31N5O3.HI/c1-14(2)27-17-7-6-15(10-21-17)11-22-18-23-12-16-13-24(8-9-25(16)18)19(26)28-20(3,4)5;/h6-7,10,14,16H,8-9,11-13H2,1-5H3,(H,22,23);1H. The number of carbonyl (C=O) groups is 1. The zero-order chi connectivity index (χ0) is 20.3. The first-order chi connectivity index (χ1) is 13.2. The lowest BCUT2D eigenvalue weighted by molar-refractivity contribution is 0.0137. The van der Waals surface area contributed by atoms with Crippen LogP contribution in [0.15, 0.2) is 23.3 Å². The molecule has 3 rings (SSSR count). The molecule has 1 amide bonds. The number of aromatic nitrogens is 1. The molecule has 0 aliphatic carbocycles. The second-order valence-corrected chi connectivity index (χ2v) is 8.46. The highest BCUT2D eigenvalue weighted by molar-refractivity contribution is 14.0. The highest BCUT2D eigenvalue weighted by Gasteiger charge is 2.36. The third-order valence-corrected chi connectivity index (χ3v) is 4.46. The van der Waals surface area contributed by atoms with Gasteiger partial charge in [0.15, 0.2) is 5.96 Å². The van der Waals surface area contributed by atoms with Crippen molar-refractivity contribution in [1.82, 2.24) is 20.1 Å². The van der Waals surface area contributed by atoms with Crippen LogP contribution in [-0.2, 0) is 11.3 Å². The molecule has 1 aromatic heterocycles. The molecule has 3 heterocycles. The molecule has 8 nitrogen and oxygen atoms in total. The molecule has 0 aromatic carbocycles. The number of amides is 1. The maximum absolute atomic E-state index is 12.3. The van der Waals surface area contributed by atoms with Gasteiger partial charge in [-0.2, -0.15) is 0 Å². The van der Waals surface area contributed by atoms with Crippen LogP contribution in [0.25, 0.3) is 0 Å². The first-order valence-corrected chi connectivity index (χ1v) is 9.86. The smallest absolute Gasteiger partial charge is 0.410 e. The number of hydrogen-bond acceptors (Lipinski definition) is 7. The molecule has 0 bridgehead atoms. The van der Waals surface area contributed by atoms with Gasteiger partial charge in [-0.15, -0.1) is 24.0 Å². The Morgan fingerprint density at radius 2 is 2.07 bits per heavy atom. The lowest BCUT2D eigenvalue weighted by Gasteiger charge is -2.39. The van der Waals surface area contributed by atoms with Gasteiger partial charge in [0.2, 0.25) is 5.88 Å². The molecule has 9 heteroatoms. The van der Waals surface area contributed by atoms with E-state index in [1.165, 1.54) is 0 Å². The molecular weight excluding hydrogens is 485 g/mol. The first-order valence-electron chi connectivity index (χ1n) is 9.86. The van der Waals surface area contributed by atoms with E-state index < -0.39 is 5.60 Å². The second kappa shape index (κ2) is 9.82. The van der Waals surface area contributed by atoms with Crippen molar-refractivity contribution >= 4 is 36.0 Å². The molecular formula is C20H32IN5O3. The number of rotatable bonds is 4. The molecule has 2 aliphatic heterocycles. The summed E-state index contributed by atoms with van der Waals surface area (Å²) in [6.07, 6.45) is 1.68. The number of ether oxygens (including phenoxy) is 2.